The van der Waals surface area contributed by atoms with Gasteiger partial charge >= 0.3 is 0 Å². The van der Waals surface area contributed by atoms with Gasteiger partial charge in [0.05, 0.1) is 0 Å². The first-order valence-corrected chi connectivity index (χ1v) is 6.95. The molecular formula is C18H15N3. The lowest BCUT2D eigenvalue weighted by molar-refractivity contribution is 0.847. The Hall–Kier alpha value is -2.81. The van der Waals surface area contributed by atoms with E-state index in [0.717, 1.165) is 16.6 Å². The number of pyridine rings is 1. The van der Waals surface area contributed by atoms with Crippen LogP contribution in [0.4, 0.5) is 0 Å². The normalized spacial score (nSPS) is 11.3. The molecule has 3 nitrogen and oxygen atoms in total. The quantitative estimate of drug-likeness (QED) is 0.530. The molecule has 3 heteroatoms. The van der Waals surface area contributed by atoms with Crippen molar-refractivity contribution in [3.05, 3.63) is 66.2 Å². The molecule has 4 aromatic rings. The smallest absolute Gasteiger partial charge is 0.125 e. The Kier molecular flexibility index (Phi) is 2.48. The molecule has 0 amide bonds. The second kappa shape index (κ2) is 4.35. The van der Waals surface area contributed by atoms with Crippen LogP contribution >= 0.6 is 0 Å². The highest BCUT2D eigenvalue weighted by atomic mass is 15.0. The average molecular weight is 273 g/mol. The summed E-state index contributed by atoms with van der Waals surface area (Å²) in [5.41, 5.74) is 5.02. The highest BCUT2D eigenvalue weighted by molar-refractivity contribution is 6.07. The largest absolute Gasteiger partial charge is 0.341 e. The van der Waals surface area contributed by atoms with Gasteiger partial charge in [-0.3, -0.25) is 5.41 Å². The maximum atomic E-state index is 7.89. The van der Waals surface area contributed by atoms with Crippen LogP contribution in [0.2, 0.25) is 0 Å². The van der Waals surface area contributed by atoms with E-state index in [1.807, 2.05) is 29.8 Å². The van der Waals surface area contributed by atoms with E-state index in [0.29, 0.717) is 5.49 Å². The highest BCUT2D eigenvalue weighted by Gasteiger charge is 2.07. The Bertz CT molecular complexity index is 1010. The van der Waals surface area contributed by atoms with Crippen molar-refractivity contribution in [2.24, 2.45) is 7.05 Å². The molecule has 21 heavy (non-hydrogen) atoms. The molecule has 0 saturated heterocycles. The van der Waals surface area contributed by atoms with Crippen LogP contribution in [0, 0.1) is 5.41 Å². The minimum Gasteiger partial charge on any atom is -0.341 e. The van der Waals surface area contributed by atoms with Crippen LogP contribution in [0.1, 0.15) is 0 Å². The van der Waals surface area contributed by atoms with Gasteiger partial charge < -0.3 is 9.55 Å². The van der Waals surface area contributed by atoms with Gasteiger partial charge in [0.1, 0.15) is 11.1 Å². The molecule has 0 spiro atoms. The van der Waals surface area contributed by atoms with Crippen molar-refractivity contribution in [1.29, 1.82) is 5.41 Å². The molecule has 2 aromatic heterocycles. The van der Waals surface area contributed by atoms with Crippen molar-refractivity contribution >= 4 is 21.9 Å². The maximum Gasteiger partial charge on any atom is 0.125 e. The summed E-state index contributed by atoms with van der Waals surface area (Å²) in [4.78, 5) is 3.41. The third-order valence-electron chi connectivity index (χ3n) is 4.03. The van der Waals surface area contributed by atoms with Crippen LogP contribution < -0.4 is 5.49 Å². The van der Waals surface area contributed by atoms with E-state index in [9.17, 15) is 0 Å². The lowest BCUT2D eigenvalue weighted by Gasteiger charge is -2.02. The molecular weight excluding hydrogens is 258 g/mol. The van der Waals surface area contributed by atoms with Gasteiger partial charge in [-0.15, -0.1) is 0 Å². The molecule has 0 fully saturated rings. The summed E-state index contributed by atoms with van der Waals surface area (Å²) in [6.45, 7) is 0. The zero-order chi connectivity index (χ0) is 14.4. The molecule has 4 rings (SSSR count). The fraction of sp³-hybridized carbons (Fsp3) is 0.0556. The number of aryl methyl sites for hydroxylation is 1. The number of aromatic nitrogens is 2. The molecule has 0 aliphatic rings. The van der Waals surface area contributed by atoms with Gasteiger partial charge in [0.2, 0.25) is 0 Å². The third kappa shape index (κ3) is 1.78. The second-order valence-electron chi connectivity index (χ2n) is 5.29. The topological polar surface area (TPSA) is 44.6 Å². The van der Waals surface area contributed by atoms with Crippen LogP contribution in [0.15, 0.2) is 60.7 Å². The lowest BCUT2D eigenvalue weighted by Crippen LogP contribution is -2.15. The number of H-pyrrole nitrogens is 1. The Labute approximate surface area is 122 Å². The van der Waals surface area contributed by atoms with Gasteiger partial charge in [0.25, 0.3) is 0 Å². The Morgan fingerprint density at radius 2 is 1.67 bits per heavy atom. The summed E-state index contributed by atoms with van der Waals surface area (Å²) >= 11 is 0. The predicted molar refractivity (Wildman–Crippen MR) is 86.1 cm³/mol. The molecule has 2 N–H and O–H groups in total. The van der Waals surface area contributed by atoms with Crippen molar-refractivity contribution in [2.45, 2.75) is 0 Å². The standard InChI is InChI=1S/C18H15N3/c1-21-17(19)10-8-14-15-11-13(12-5-3-2-4-6-12)7-9-16(15)20-18(14)21/h2-11,19-20H,1H3. The van der Waals surface area contributed by atoms with Crippen molar-refractivity contribution in [1.82, 2.24) is 9.55 Å². The zero-order valence-corrected chi connectivity index (χ0v) is 11.7. The van der Waals surface area contributed by atoms with Gasteiger partial charge in [-0.25, -0.2) is 0 Å². The van der Waals surface area contributed by atoms with Crippen LogP contribution in [-0.2, 0) is 7.05 Å². The second-order valence-corrected chi connectivity index (χ2v) is 5.29. The summed E-state index contributed by atoms with van der Waals surface area (Å²) in [6, 6.07) is 20.7. The summed E-state index contributed by atoms with van der Waals surface area (Å²) in [6.07, 6.45) is 0. The fourth-order valence-electron chi connectivity index (χ4n) is 2.84. The highest BCUT2D eigenvalue weighted by Crippen LogP contribution is 2.29. The lowest BCUT2D eigenvalue weighted by atomic mass is 10.0. The fourth-order valence-corrected chi connectivity index (χ4v) is 2.84. The minimum atomic E-state index is 0.498. The van der Waals surface area contributed by atoms with Crippen LogP contribution in [0.5, 0.6) is 0 Å². The first-order chi connectivity index (χ1) is 10.2. The summed E-state index contributed by atoms with van der Waals surface area (Å²) in [7, 11) is 1.91. The number of fused-ring (bicyclic) bond motifs is 3. The van der Waals surface area contributed by atoms with Gasteiger partial charge in [-0.2, -0.15) is 0 Å². The number of nitrogens with one attached hydrogen (secondary N) is 2. The third-order valence-corrected chi connectivity index (χ3v) is 4.03. The van der Waals surface area contributed by atoms with E-state index in [2.05, 4.69) is 47.4 Å². The summed E-state index contributed by atoms with van der Waals surface area (Å²) in [5.74, 6) is 0. The Morgan fingerprint density at radius 3 is 2.48 bits per heavy atom. The van der Waals surface area contributed by atoms with E-state index in [-0.39, 0.29) is 0 Å². The molecule has 0 unspecified atom stereocenters. The zero-order valence-electron chi connectivity index (χ0n) is 11.7. The monoisotopic (exact) mass is 273 g/mol. The van der Waals surface area contributed by atoms with Crippen LogP contribution in [0.25, 0.3) is 33.1 Å². The van der Waals surface area contributed by atoms with E-state index in [1.165, 1.54) is 16.5 Å². The molecule has 102 valence electrons. The van der Waals surface area contributed by atoms with E-state index < -0.39 is 0 Å². The number of hydrogen-bond acceptors (Lipinski definition) is 1. The first-order valence-electron chi connectivity index (χ1n) is 6.95. The van der Waals surface area contributed by atoms with E-state index in [1.54, 1.807) is 0 Å². The van der Waals surface area contributed by atoms with Crippen LogP contribution in [0.3, 0.4) is 0 Å². The molecule has 2 aromatic carbocycles. The molecule has 0 bridgehead atoms. The summed E-state index contributed by atoms with van der Waals surface area (Å²) < 4.78 is 1.87. The summed E-state index contributed by atoms with van der Waals surface area (Å²) in [5, 5.41) is 10.2. The number of hydrogen-bond donors (Lipinski definition) is 2. The number of aromatic amines is 1. The number of benzene rings is 2. The van der Waals surface area contributed by atoms with Gasteiger partial charge in [0.15, 0.2) is 0 Å². The van der Waals surface area contributed by atoms with Gasteiger partial charge in [0, 0.05) is 23.3 Å². The molecule has 0 radical (unpaired) electrons. The van der Waals surface area contributed by atoms with Gasteiger partial charge in [-0.1, -0.05) is 36.4 Å². The predicted octanol–water partition coefficient (Wildman–Crippen LogP) is 3.81. The molecule has 0 saturated carbocycles. The molecule has 0 atom stereocenters. The van der Waals surface area contributed by atoms with Crippen molar-refractivity contribution in [2.75, 3.05) is 0 Å². The van der Waals surface area contributed by atoms with E-state index in [4.69, 9.17) is 5.41 Å². The SMILES string of the molecule is Cn1c(=N)ccc2c3cc(-c4ccccc4)ccc3[nH]c21. The van der Waals surface area contributed by atoms with Crippen LogP contribution in [-0.4, -0.2) is 9.55 Å². The van der Waals surface area contributed by atoms with Crippen molar-refractivity contribution in [3.63, 3.8) is 0 Å². The minimum absolute atomic E-state index is 0.498. The number of rotatable bonds is 1. The Balaban J connectivity index is 2.06. The first kappa shape index (κ1) is 12.0. The van der Waals surface area contributed by atoms with Crippen molar-refractivity contribution < 1.29 is 0 Å². The molecule has 0 aliphatic heterocycles. The van der Waals surface area contributed by atoms with Gasteiger partial charge in [-0.05, 0) is 35.4 Å². The number of nitrogens with zero attached hydrogens (tertiary/aromatic N) is 1. The molecule has 2 heterocycles. The molecule has 0 aliphatic carbocycles. The average Bonchev–Trinajstić information content (AvgIpc) is 2.90. The maximum absolute atomic E-state index is 7.89. The van der Waals surface area contributed by atoms with E-state index >= 15 is 0 Å². The van der Waals surface area contributed by atoms with Crippen molar-refractivity contribution in [3.8, 4) is 11.1 Å². The Morgan fingerprint density at radius 1 is 0.857 bits per heavy atom.